The molecule has 0 fully saturated rings. The topological polar surface area (TPSA) is 77.7 Å². The second kappa shape index (κ2) is 6.04. The normalized spacial score (nSPS) is 11.6. The van der Waals surface area contributed by atoms with Crippen molar-refractivity contribution in [3.63, 3.8) is 0 Å². The summed E-state index contributed by atoms with van der Waals surface area (Å²) >= 11 is 0. The molecule has 3 rings (SSSR count). The Morgan fingerprint density at radius 2 is 1.92 bits per heavy atom. The third-order valence-electron chi connectivity index (χ3n) is 3.36. The molecule has 6 nitrogen and oxygen atoms in total. The number of carbonyl (C=O) groups excluding carboxylic acids is 1. The van der Waals surface area contributed by atoms with E-state index in [1.165, 1.54) is 28.8 Å². The second-order valence-corrected chi connectivity index (χ2v) is 7.05. The van der Waals surface area contributed by atoms with Gasteiger partial charge in [0.25, 0.3) is 0 Å². The molecule has 3 aromatic rings. The molecular weight excluding hydrogens is 335 g/mol. The number of hydrogen-bond donors (Lipinski definition) is 0. The molecule has 0 saturated carbocycles. The van der Waals surface area contributed by atoms with Gasteiger partial charge in [-0.1, -0.05) is 24.3 Å². The quantitative estimate of drug-likeness (QED) is 0.676. The Morgan fingerprint density at radius 3 is 2.62 bits per heavy atom. The van der Waals surface area contributed by atoms with Crippen molar-refractivity contribution >= 4 is 21.3 Å². The fraction of sp³-hybridized carbons (Fsp3) is 0.125. The highest BCUT2D eigenvalue weighted by atomic mass is 32.2. The van der Waals surface area contributed by atoms with Gasteiger partial charge in [-0.3, -0.25) is 4.40 Å². The van der Waals surface area contributed by atoms with Crippen LogP contribution in [0.25, 0.3) is 5.52 Å². The zero-order valence-electron chi connectivity index (χ0n) is 12.6. The van der Waals surface area contributed by atoms with Crippen molar-refractivity contribution in [1.82, 2.24) is 9.38 Å². The van der Waals surface area contributed by atoms with Gasteiger partial charge < -0.3 is 4.74 Å². The van der Waals surface area contributed by atoms with Gasteiger partial charge in [0.15, 0.2) is 5.69 Å². The number of hydrogen-bond acceptors (Lipinski definition) is 5. The van der Waals surface area contributed by atoms with Gasteiger partial charge in [0.05, 0.1) is 5.52 Å². The molecule has 0 amide bonds. The van der Waals surface area contributed by atoms with Crippen LogP contribution >= 0.6 is 0 Å². The van der Waals surface area contributed by atoms with E-state index in [-0.39, 0.29) is 23.0 Å². The highest BCUT2D eigenvalue weighted by molar-refractivity contribution is 7.90. The first-order valence-corrected chi connectivity index (χ1v) is 8.85. The number of imidazole rings is 1. The Hall–Kier alpha value is -2.74. The van der Waals surface area contributed by atoms with Crippen molar-refractivity contribution in [1.29, 1.82) is 0 Å². The lowest BCUT2D eigenvalue weighted by Crippen LogP contribution is -2.08. The molecule has 0 bridgehead atoms. The zero-order valence-corrected chi connectivity index (χ0v) is 13.5. The summed E-state index contributed by atoms with van der Waals surface area (Å²) in [6.07, 6.45) is 2.50. The molecule has 0 atom stereocenters. The number of sulfone groups is 1. The van der Waals surface area contributed by atoms with E-state index in [1.54, 1.807) is 24.3 Å². The van der Waals surface area contributed by atoms with Crippen LogP contribution in [0.1, 0.15) is 16.1 Å². The number of benzene rings is 1. The predicted molar refractivity (Wildman–Crippen MR) is 83.8 cm³/mol. The van der Waals surface area contributed by atoms with Crippen LogP contribution in [-0.2, 0) is 21.2 Å². The number of pyridine rings is 1. The molecular formula is C16H13FN2O4S. The number of halogens is 1. The fourth-order valence-corrected chi connectivity index (χ4v) is 3.02. The van der Waals surface area contributed by atoms with Crippen molar-refractivity contribution in [3.8, 4) is 0 Å². The maximum Gasteiger partial charge on any atom is 0.359 e. The minimum Gasteiger partial charge on any atom is -0.456 e. The van der Waals surface area contributed by atoms with Gasteiger partial charge >= 0.3 is 5.97 Å². The predicted octanol–water partition coefficient (Wildman–Crippen LogP) is 2.23. The van der Waals surface area contributed by atoms with E-state index in [0.717, 1.165) is 6.26 Å². The number of aromatic nitrogens is 2. The third-order valence-corrected chi connectivity index (χ3v) is 4.31. The smallest absolute Gasteiger partial charge is 0.359 e. The summed E-state index contributed by atoms with van der Waals surface area (Å²) in [7, 11) is -3.63. The first-order chi connectivity index (χ1) is 11.4. The first-order valence-electron chi connectivity index (χ1n) is 6.95. The first kappa shape index (κ1) is 16.1. The van der Waals surface area contributed by atoms with Crippen LogP contribution in [0.5, 0.6) is 0 Å². The lowest BCUT2D eigenvalue weighted by Gasteiger charge is -2.04. The van der Waals surface area contributed by atoms with E-state index in [0.29, 0.717) is 5.52 Å². The van der Waals surface area contributed by atoms with Gasteiger partial charge in [-0.15, -0.1) is 0 Å². The van der Waals surface area contributed by atoms with E-state index < -0.39 is 21.6 Å². The summed E-state index contributed by atoms with van der Waals surface area (Å²) in [5, 5.41) is -0.254. The van der Waals surface area contributed by atoms with Crippen LogP contribution in [-0.4, -0.2) is 30.0 Å². The Bertz CT molecular complexity index is 1030. The van der Waals surface area contributed by atoms with E-state index >= 15 is 0 Å². The largest absolute Gasteiger partial charge is 0.456 e. The van der Waals surface area contributed by atoms with E-state index in [9.17, 15) is 17.6 Å². The lowest BCUT2D eigenvalue weighted by molar-refractivity contribution is 0.0464. The number of nitrogens with zero attached hydrogens (tertiary/aromatic N) is 2. The molecule has 2 heterocycles. The molecule has 0 spiro atoms. The summed E-state index contributed by atoms with van der Waals surface area (Å²) in [6.45, 7) is -0.272. The molecule has 1 aromatic carbocycles. The number of ether oxygens (including phenoxy) is 1. The lowest BCUT2D eigenvalue weighted by atomic mass is 10.2. The van der Waals surface area contributed by atoms with Gasteiger partial charge in [-0.2, -0.15) is 0 Å². The van der Waals surface area contributed by atoms with Crippen molar-refractivity contribution < 1.29 is 22.3 Å². The van der Waals surface area contributed by atoms with E-state index in [2.05, 4.69) is 4.98 Å². The van der Waals surface area contributed by atoms with Gasteiger partial charge in [0, 0.05) is 18.0 Å². The SMILES string of the molecule is CS(=O)(=O)c1nc(C(=O)OCc2ccccc2F)c2ccccn12. The van der Waals surface area contributed by atoms with Gasteiger partial charge in [0.1, 0.15) is 12.4 Å². The standard InChI is InChI=1S/C16H13FN2O4S/c1-24(21,22)16-18-14(13-8-4-5-9-19(13)16)15(20)23-10-11-6-2-3-7-12(11)17/h2-9H,10H2,1H3. The maximum absolute atomic E-state index is 13.6. The van der Waals surface area contributed by atoms with Crippen molar-refractivity contribution in [2.45, 2.75) is 11.8 Å². The van der Waals surface area contributed by atoms with Crippen molar-refractivity contribution in [2.75, 3.05) is 6.26 Å². The van der Waals surface area contributed by atoms with Crippen molar-refractivity contribution in [2.24, 2.45) is 0 Å². The molecule has 124 valence electrons. The molecule has 0 aliphatic carbocycles. The highest BCUT2D eigenvalue weighted by Crippen LogP contribution is 2.18. The molecule has 0 N–H and O–H groups in total. The molecule has 8 heteroatoms. The average Bonchev–Trinajstić information content (AvgIpc) is 2.94. The minimum absolute atomic E-state index is 0.132. The molecule has 24 heavy (non-hydrogen) atoms. The molecule has 0 saturated heterocycles. The summed E-state index contributed by atoms with van der Waals surface area (Å²) < 4.78 is 43.6. The van der Waals surface area contributed by atoms with E-state index in [1.807, 2.05) is 0 Å². The van der Waals surface area contributed by atoms with Crippen LogP contribution in [0.2, 0.25) is 0 Å². The Kier molecular flexibility index (Phi) is 4.06. The number of esters is 1. The maximum atomic E-state index is 13.6. The Labute approximate surface area is 137 Å². The Balaban J connectivity index is 1.95. The van der Waals surface area contributed by atoms with Crippen LogP contribution in [0.4, 0.5) is 4.39 Å². The monoisotopic (exact) mass is 348 g/mol. The van der Waals surface area contributed by atoms with E-state index in [4.69, 9.17) is 4.74 Å². The Morgan fingerprint density at radius 1 is 1.21 bits per heavy atom. The van der Waals surface area contributed by atoms with Gasteiger partial charge in [-0.25, -0.2) is 22.6 Å². The molecule has 2 aromatic heterocycles. The molecule has 0 aliphatic heterocycles. The second-order valence-electron chi connectivity index (χ2n) is 5.14. The number of rotatable bonds is 4. The molecule has 0 unspecified atom stereocenters. The number of fused-ring (bicyclic) bond motifs is 1. The molecule has 0 aliphatic rings. The highest BCUT2D eigenvalue weighted by Gasteiger charge is 2.23. The zero-order chi connectivity index (χ0) is 17.3. The fourth-order valence-electron chi connectivity index (χ4n) is 2.25. The van der Waals surface area contributed by atoms with Crippen LogP contribution in [0.3, 0.4) is 0 Å². The van der Waals surface area contributed by atoms with Crippen LogP contribution in [0.15, 0.2) is 53.8 Å². The minimum atomic E-state index is -3.63. The van der Waals surface area contributed by atoms with Crippen LogP contribution in [0, 0.1) is 5.82 Å². The number of carbonyl (C=O) groups is 1. The third kappa shape index (κ3) is 3.00. The molecule has 0 radical (unpaired) electrons. The summed E-state index contributed by atoms with van der Waals surface area (Å²) in [4.78, 5) is 16.2. The van der Waals surface area contributed by atoms with Crippen LogP contribution < -0.4 is 0 Å². The average molecular weight is 348 g/mol. The summed E-state index contributed by atoms with van der Waals surface area (Å²) in [6, 6.07) is 10.7. The van der Waals surface area contributed by atoms with Gasteiger partial charge in [0.2, 0.25) is 15.0 Å². The summed E-state index contributed by atoms with van der Waals surface area (Å²) in [5.74, 6) is -1.31. The van der Waals surface area contributed by atoms with Crippen molar-refractivity contribution in [3.05, 3.63) is 65.7 Å². The van der Waals surface area contributed by atoms with Gasteiger partial charge in [-0.05, 0) is 18.2 Å². The summed E-state index contributed by atoms with van der Waals surface area (Å²) in [5.41, 5.74) is 0.390.